The van der Waals surface area contributed by atoms with Gasteiger partial charge in [-0.1, -0.05) is 280 Å². The minimum atomic E-state index is -4.98. The van der Waals surface area contributed by atoms with E-state index >= 15 is 0 Å². The number of esters is 4. The van der Waals surface area contributed by atoms with Crippen molar-refractivity contribution >= 4 is 39.5 Å². The Kier molecular flexibility index (Phi) is 72.7. The third-order valence-corrected chi connectivity index (χ3v) is 19.2. The normalized spacial score (nSPS) is 14.3. The summed E-state index contributed by atoms with van der Waals surface area (Å²) in [5.74, 6) is -2.19. The smallest absolute Gasteiger partial charge is 0.462 e. The quantitative estimate of drug-likeness (QED) is 0.0169. The Balaban J connectivity index is 5.35. The molecule has 0 fully saturated rings. The lowest BCUT2D eigenvalue weighted by atomic mass is 10.1. The number of hydrogen-bond acceptors (Lipinski definition) is 15. The van der Waals surface area contributed by atoms with Crippen LogP contribution in [0.1, 0.15) is 362 Å². The Hall–Kier alpha value is -3.76. The van der Waals surface area contributed by atoms with Crippen molar-refractivity contribution in [1.29, 1.82) is 0 Å². The van der Waals surface area contributed by atoms with E-state index in [1.54, 1.807) is 0 Å². The molecule has 102 heavy (non-hydrogen) atoms. The van der Waals surface area contributed by atoms with Crippen molar-refractivity contribution in [2.45, 2.75) is 380 Å². The molecule has 0 aliphatic heterocycles. The average molecular weight is 1480 g/mol. The molecule has 0 saturated heterocycles. The van der Waals surface area contributed by atoms with Crippen molar-refractivity contribution in [3.63, 3.8) is 0 Å². The highest BCUT2D eigenvalue weighted by Crippen LogP contribution is 2.45. The van der Waals surface area contributed by atoms with Gasteiger partial charge in [-0.3, -0.25) is 37.3 Å². The van der Waals surface area contributed by atoms with E-state index in [9.17, 15) is 43.2 Å². The molecule has 3 N–H and O–H groups in total. The third kappa shape index (κ3) is 74.5. The van der Waals surface area contributed by atoms with E-state index in [2.05, 4.69) is 113 Å². The molecular weight excluding hydrogens is 1330 g/mol. The lowest BCUT2D eigenvalue weighted by molar-refractivity contribution is -0.161. The van der Waals surface area contributed by atoms with E-state index < -0.39 is 97.5 Å². The molecule has 0 heterocycles. The maximum atomic E-state index is 13.1. The van der Waals surface area contributed by atoms with E-state index in [-0.39, 0.29) is 25.7 Å². The molecule has 0 aromatic rings. The summed E-state index contributed by atoms with van der Waals surface area (Å²) in [6.07, 6.45) is 78.4. The molecule has 0 spiro atoms. The van der Waals surface area contributed by atoms with Crippen LogP contribution in [0.15, 0.2) is 85.1 Å². The highest BCUT2D eigenvalue weighted by molar-refractivity contribution is 7.47. The van der Waals surface area contributed by atoms with Gasteiger partial charge in [0, 0.05) is 25.7 Å². The monoisotopic (exact) mass is 1480 g/mol. The predicted octanol–water partition coefficient (Wildman–Crippen LogP) is 23.8. The number of aliphatic hydroxyl groups excluding tert-OH is 1. The second kappa shape index (κ2) is 75.5. The molecule has 0 radical (unpaired) electrons. The van der Waals surface area contributed by atoms with Gasteiger partial charge >= 0.3 is 39.5 Å². The Morgan fingerprint density at radius 3 is 0.804 bits per heavy atom. The fraction of sp³-hybridized carbons (Fsp3) is 0.783. The second-order valence-electron chi connectivity index (χ2n) is 27.3. The van der Waals surface area contributed by atoms with Crippen LogP contribution in [-0.4, -0.2) is 96.7 Å². The largest absolute Gasteiger partial charge is 0.472 e. The molecular formula is C83H148O17P2. The van der Waals surface area contributed by atoms with Crippen LogP contribution in [0, 0.1) is 0 Å². The standard InChI is InChI=1S/C83H148O17P2/c1-5-9-13-17-21-25-29-33-36-37-38-39-42-45-48-52-56-60-64-68-81(86)94-74-79(100-83(88)70-66-62-58-54-50-46-41-35-31-27-23-19-15-11-7-3)76-98-102(91,92)96-72-77(84)71-95-101(89,90)97-75-78(99-82(87)69-65-61-57-53-49-43-32-28-24-20-16-12-8-4)73-93-80(85)67-63-59-55-51-47-44-40-34-30-26-22-18-14-10-6-2/h9,13,21,25,28,32-36,38-41,77-79,84H,5-8,10-12,14-20,22-24,26-27,29-31,37,42-76H2,1-4H3,(H,89,90)(H,91,92)/b13-9-,25-21-,32-28-,36-33-,39-38-,40-34-,41-35-. The van der Waals surface area contributed by atoms with Gasteiger partial charge in [0.25, 0.3) is 0 Å². The number of allylic oxidation sites excluding steroid dienone is 14. The number of carbonyl (C=O) groups excluding carboxylic acids is 4. The van der Waals surface area contributed by atoms with Crippen LogP contribution in [0.25, 0.3) is 0 Å². The number of phosphoric acid groups is 2. The molecule has 19 heteroatoms. The first-order valence-corrected chi connectivity index (χ1v) is 43.8. The van der Waals surface area contributed by atoms with E-state index in [1.807, 2.05) is 0 Å². The lowest BCUT2D eigenvalue weighted by Crippen LogP contribution is -2.30. The molecule has 0 amide bonds. The first-order chi connectivity index (χ1) is 49.7. The van der Waals surface area contributed by atoms with Gasteiger partial charge in [-0.15, -0.1) is 0 Å². The Morgan fingerprint density at radius 2 is 0.510 bits per heavy atom. The van der Waals surface area contributed by atoms with E-state index in [1.165, 1.54) is 103 Å². The lowest BCUT2D eigenvalue weighted by Gasteiger charge is -2.21. The summed E-state index contributed by atoms with van der Waals surface area (Å²) in [5.41, 5.74) is 0. The summed E-state index contributed by atoms with van der Waals surface area (Å²) in [6, 6.07) is 0. The van der Waals surface area contributed by atoms with Crippen LogP contribution in [0.2, 0.25) is 0 Å². The molecule has 5 atom stereocenters. The molecule has 0 rings (SSSR count). The number of unbranched alkanes of at least 4 members (excludes halogenated alkanes) is 37. The van der Waals surface area contributed by atoms with E-state index in [0.29, 0.717) is 25.7 Å². The zero-order valence-electron chi connectivity index (χ0n) is 64.8. The van der Waals surface area contributed by atoms with Gasteiger partial charge in [0.15, 0.2) is 12.2 Å². The van der Waals surface area contributed by atoms with Crippen LogP contribution in [0.5, 0.6) is 0 Å². The average Bonchev–Trinajstić information content (AvgIpc) is 0.924. The van der Waals surface area contributed by atoms with Gasteiger partial charge in [0.2, 0.25) is 0 Å². The number of aliphatic hydroxyl groups is 1. The minimum Gasteiger partial charge on any atom is -0.462 e. The summed E-state index contributed by atoms with van der Waals surface area (Å²) in [7, 11) is -9.96. The summed E-state index contributed by atoms with van der Waals surface area (Å²) >= 11 is 0. The van der Waals surface area contributed by atoms with E-state index in [0.717, 1.165) is 180 Å². The third-order valence-electron chi connectivity index (χ3n) is 17.3. The highest BCUT2D eigenvalue weighted by atomic mass is 31.2. The Labute approximate surface area is 621 Å². The summed E-state index contributed by atoms with van der Waals surface area (Å²) in [4.78, 5) is 73.0. The van der Waals surface area contributed by atoms with Crippen LogP contribution in [0.3, 0.4) is 0 Å². The van der Waals surface area contributed by atoms with Crippen molar-refractivity contribution in [3.05, 3.63) is 85.1 Å². The van der Waals surface area contributed by atoms with Gasteiger partial charge in [-0.05, 0) is 141 Å². The molecule has 0 aromatic carbocycles. The molecule has 0 aliphatic rings. The molecule has 5 unspecified atom stereocenters. The SMILES string of the molecule is CC/C=C\C/C=C\C/C=C\C/C=C\CCCCCCCCC(=O)OCC(COP(=O)(O)OCC(O)COP(=O)(O)OCC(COC(=O)CCCCCCC/C=C\CCCCCCCC)OC(=O)CCCCCCC/C=C\CCCCCC)OC(=O)CCCCCCC/C=C\CCCCCCCC. The summed E-state index contributed by atoms with van der Waals surface area (Å²) < 4.78 is 68.6. The molecule has 0 aliphatic carbocycles. The Morgan fingerprint density at radius 1 is 0.284 bits per heavy atom. The first kappa shape index (κ1) is 98.2. The van der Waals surface area contributed by atoms with Gasteiger partial charge in [-0.25, -0.2) is 9.13 Å². The number of rotatable bonds is 77. The predicted molar refractivity (Wildman–Crippen MR) is 418 cm³/mol. The molecule has 17 nitrogen and oxygen atoms in total. The van der Waals surface area contributed by atoms with Crippen LogP contribution < -0.4 is 0 Å². The fourth-order valence-corrected chi connectivity index (χ4v) is 12.7. The summed E-state index contributed by atoms with van der Waals surface area (Å²) in [5, 5.41) is 10.6. The Bertz CT molecular complexity index is 2260. The topological polar surface area (TPSA) is 237 Å². The van der Waals surface area contributed by atoms with Crippen LogP contribution >= 0.6 is 15.6 Å². The van der Waals surface area contributed by atoms with Gasteiger partial charge in [-0.2, -0.15) is 0 Å². The first-order valence-electron chi connectivity index (χ1n) is 40.8. The highest BCUT2D eigenvalue weighted by Gasteiger charge is 2.30. The van der Waals surface area contributed by atoms with Crippen molar-refractivity contribution in [2.75, 3.05) is 39.6 Å². The fourth-order valence-electron chi connectivity index (χ4n) is 11.1. The molecule has 0 saturated carbocycles. The van der Waals surface area contributed by atoms with Crippen LogP contribution in [0.4, 0.5) is 0 Å². The maximum Gasteiger partial charge on any atom is 0.472 e. The zero-order valence-corrected chi connectivity index (χ0v) is 66.6. The molecule has 592 valence electrons. The van der Waals surface area contributed by atoms with Crippen molar-refractivity contribution in [2.24, 2.45) is 0 Å². The van der Waals surface area contributed by atoms with Crippen molar-refractivity contribution in [3.8, 4) is 0 Å². The number of phosphoric ester groups is 2. The van der Waals surface area contributed by atoms with Gasteiger partial charge in [0.1, 0.15) is 19.3 Å². The molecule has 0 aromatic heterocycles. The van der Waals surface area contributed by atoms with E-state index in [4.69, 9.17) is 37.0 Å². The number of ether oxygens (including phenoxy) is 4. The van der Waals surface area contributed by atoms with Crippen molar-refractivity contribution in [1.82, 2.24) is 0 Å². The van der Waals surface area contributed by atoms with Gasteiger partial charge < -0.3 is 33.8 Å². The molecule has 0 bridgehead atoms. The van der Waals surface area contributed by atoms with Crippen molar-refractivity contribution < 1.29 is 80.2 Å². The number of carbonyl (C=O) groups is 4. The number of hydrogen-bond donors (Lipinski definition) is 3. The maximum absolute atomic E-state index is 13.1. The van der Waals surface area contributed by atoms with Gasteiger partial charge in [0.05, 0.1) is 26.4 Å². The zero-order chi connectivity index (χ0) is 74.6. The second-order valence-corrected chi connectivity index (χ2v) is 30.2. The summed E-state index contributed by atoms with van der Waals surface area (Å²) in [6.45, 7) is 4.75. The van der Waals surface area contributed by atoms with Crippen LogP contribution in [-0.2, 0) is 65.4 Å². The minimum absolute atomic E-state index is 0.0829.